The van der Waals surface area contributed by atoms with E-state index in [1.807, 2.05) is 18.2 Å². The van der Waals surface area contributed by atoms with Crippen LogP contribution in [0.5, 0.6) is 5.75 Å². The number of hydrazone groups is 2. The molecular weight excluding hydrogens is 422 g/mol. The number of benzene rings is 2. The van der Waals surface area contributed by atoms with Crippen LogP contribution in [-0.4, -0.2) is 45.8 Å². The highest BCUT2D eigenvalue weighted by molar-refractivity contribution is 6.71. The van der Waals surface area contributed by atoms with Gasteiger partial charge in [-0.15, -0.1) is 0 Å². The third-order valence-corrected chi connectivity index (χ3v) is 5.91. The van der Waals surface area contributed by atoms with Crippen molar-refractivity contribution in [1.29, 1.82) is 0 Å². The molecule has 0 bridgehead atoms. The first-order valence-corrected chi connectivity index (χ1v) is 10.6. The monoisotopic (exact) mass is 443 g/mol. The maximum Gasteiger partial charge on any atom is 0.332 e. The second-order valence-corrected chi connectivity index (χ2v) is 8.07. The fourth-order valence-corrected chi connectivity index (χ4v) is 4.19. The highest BCUT2D eigenvalue weighted by atomic mass is 16.4. The number of anilines is 2. The summed E-state index contributed by atoms with van der Waals surface area (Å²) in [5, 5.41) is 29.7. The van der Waals surface area contributed by atoms with Crippen molar-refractivity contribution >= 4 is 46.5 Å². The van der Waals surface area contributed by atoms with Gasteiger partial charge >= 0.3 is 11.9 Å². The van der Waals surface area contributed by atoms with Gasteiger partial charge in [0, 0.05) is 17.4 Å². The van der Waals surface area contributed by atoms with Gasteiger partial charge in [0.2, 0.25) is 0 Å². The number of phenolic OH excluding ortho intramolecular Hbond substituents is 1. The number of rotatable bonds is 5. The van der Waals surface area contributed by atoms with E-state index in [2.05, 4.69) is 20.6 Å². The Hall–Kier alpha value is -4.27. The zero-order chi connectivity index (χ0) is 23.1. The number of nitrogens with one attached hydrogen (secondary N) is 1. The molecule has 0 saturated carbocycles. The molecule has 5 rings (SSSR count). The van der Waals surface area contributed by atoms with E-state index in [0.717, 1.165) is 19.3 Å². The molecule has 1 aliphatic carbocycles. The zero-order valence-electron chi connectivity index (χ0n) is 17.8. The summed E-state index contributed by atoms with van der Waals surface area (Å²) in [6.07, 6.45) is 6.05. The molecule has 9 nitrogen and oxygen atoms in total. The number of carbonyl (C=O) groups is 2. The van der Waals surface area contributed by atoms with Gasteiger partial charge in [-0.1, -0.05) is 18.2 Å². The van der Waals surface area contributed by atoms with Crippen LogP contribution in [0.4, 0.5) is 11.4 Å². The molecular formula is C24H21N5O4. The van der Waals surface area contributed by atoms with E-state index in [1.165, 1.54) is 28.4 Å². The number of para-hydroxylation sites is 1. The van der Waals surface area contributed by atoms with Crippen molar-refractivity contribution in [3.63, 3.8) is 0 Å². The topological polar surface area (TPSA) is 127 Å². The molecule has 3 N–H and O–H groups in total. The van der Waals surface area contributed by atoms with Gasteiger partial charge in [-0.05, 0) is 61.6 Å². The van der Waals surface area contributed by atoms with Crippen LogP contribution in [0.2, 0.25) is 0 Å². The highest BCUT2D eigenvalue weighted by Gasteiger charge is 2.31. The molecule has 0 saturated heterocycles. The Morgan fingerprint density at radius 1 is 1.21 bits per heavy atom. The largest absolute Gasteiger partial charge is 0.505 e. The number of aliphatic imine (C=N–C) groups is 1. The third-order valence-electron chi connectivity index (χ3n) is 5.91. The first kappa shape index (κ1) is 20.6. The number of carboxylic acids is 1. The van der Waals surface area contributed by atoms with E-state index < -0.39 is 12.0 Å². The third kappa shape index (κ3) is 3.67. The Balaban J connectivity index is 1.37. The van der Waals surface area contributed by atoms with Gasteiger partial charge in [0.1, 0.15) is 5.75 Å². The van der Waals surface area contributed by atoms with Crippen molar-refractivity contribution < 1.29 is 19.8 Å². The second kappa shape index (κ2) is 8.01. The standard InChI is InChI=1S/C24H21N5O4/c1-13-21(23(31)29(28-13)17-9-8-14-4-2-5-15(14)10-17)27-26-19-7-3-6-18(22(19)30)16-11-20(24(32)33)25-12-16/h3,6-12,20,26,30H,2,4-5H2,1H3,(H,32,33)/b27-21-. The van der Waals surface area contributed by atoms with Crippen molar-refractivity contribution in [2.45, 2.75) is 32.2 Å². The molecule has 0 spiro atoms. The minimum Gasteiger partial charge on any atom is -0.505 e. The normalized spacial score (nSPS) is 20.3. The van der Waals surface area contributed by atoms with Crippen LogP contribution >= 0.6 is 0 Å². The van der Waals surface area contributed by atoms with Gasteiger partial charge in [0.15, 0.2) is 11.8 Å². The van der Waals surface area contributed by atoms with E-state index in [1.54, 1.807) is 25.1 Å². The lowest BCUT2D eigenvalue weighted by Gasteiger charge is -2.13. The molecule has 2 aliphatic heterocycles. The molecule has 3 aliphatic rings. The number of aromatic hydroxyl groups is 1. The van der Waals surface area contributed by atoms with Crippen LogP contribution in [0.1, 0.15) is 30.0 Å². The molecule has 0 aromatic heterocycles. The van der Waals surface area contributed by atoms with E-state index in [-0.39, 0.29) is 23.1 Å². The summed E-state index contributed by atoms with van der Waals surface area (Å²) in [6, 6.07) is 9.91. The fourth-order valence-electron chi connectivity index (χ4n) is 4.19. The van der Waals surface area contributed by atoms with Crippen LogP contribution in [0.3, 0.4) is 0 Å². The summed E-state index contributed by atoms with van der Waals surface area (Å²) in [6.45, 7) is 1.70. The van der Waals surface area contributed by atoms with E-state index in [4.69, 9.17) is 5.11 Å². The Morgan fingerprint density at radius 2 is 2.03 bits per heavy atom. The predicted octanol–water partition coefficient (Wildman–Crippen LogP) is 2.99. The Bertz CT molecular complexity index is 1310. The lowest BCUT2D eigenvalue weighted by molar-refractivity contribution is -0.137. The smallest absolute Gasteiger partial charge is 0.332 e. The number of aryl methyl sites for hydroxylation is 2. The van der Waals surface area contributed by atoms with Gasteiger partial charge < -0.3 is 10.2 Å². The quantitative estimate of drug-likeness (QED) is 0.484. The molecule has 1 atom stereocenters. The number of amides is 1. The summed E-state index contributed by atoms with van der Waals surface area (Å²) >= 11 is 0. The van der Waals surface area contributed by atoms with Crippen molar-refractivity contribution in [3.8, 4) is 5.75 Å². The van der Waals surface area contributed by atoms with Crippen molar-refractivity contribution in [2.24, 2.45) is 15.2 Å². The molecule has 33 heavy (non-hydrogen) atoms. The van der Waals surface area contributed by atoms with Gasteiger partial charge in [-0.3, -0.25) is 15.2 Å². The van der Waals surface area contributed by atoms with Gasteiger partial charge in [0.05, 0.1) is 17.1 Å². The fraction of sp³-hybridized carbons (Fsp3) is 0.208. The zero-order valence-corrected chi connectivity index (χ0v) is 17.8. The Labute approximate surface area is 189 Å². The average molecular weight is 443 g/mol. The van der Waals surface area contributed by atoms with Crippen molar-refractivity contribution in [3.05, 3.63) is 59.2 Å². The summed E-state index contributed by atoms with van der Waals surface area (Å²) in [5.74, 6) is -1.55. The number of hydrogen-bond donors (Lipinski definition) is 3. The number of nitrogens with zero attached hydrogens (tertiary/aromatic N) is 4. The van der Waals surface area contributed by atoms with Crippen LogP contribution in [0, 0.1) is 0 Å². The highest BCUT2D eigenvalue weighted by Crippen LogP contribution is 2.34. The van der Waals surface area contributed by atoms with E-state index >= 15 is 0 Å². The number of allylic oxidation sites excluding steroid dienone is 1. The first-order chi connectivity index (χ1) is 15.9. The Kier molecular flexibility index (Phi) is 5.01. The lowest BCUT2D eigenvalue weighted by Crippen LogP contribution is -2.28. The van der Waals surface area contributed by atoms with Gasteiger partial charge in [-0.2, -0.15) is 15.2 Å². The van der Waals surface area contributed by atoms with Gasteiger partial charge in [-0.25, -0.2) is 4.79 Å². The van der Waals surface area contributed by atoms with Crippen LogP contribution < -0.4 is 10.4 Å². The molecule has 2 aromatic carbocycles. The minimum atomic E-state index is -1.07. The molecule has 0 radical (unpaired) electrons. The maximum atomic E-state index is 13.0. The summed E-state index contributed by atoms with van der Waals surface area (Å²) < 4.78 is 0. The lowest BCUT2D eigenvalue weighted by atomic mass is 10.0. The van der Waals surface area contributed by atoms with Crippen molar-refractivity contribution in [2.75, 3.05) is 10.4 Å². The minimum absolute atomic E-state index is 0.124. The van der Waals surface area contributed by atoms with Gasteiger partial charge in [0.25, 0.3) is 0 Å². The van der Waals surface area contributed by atoms with Crippen molar-refractivity contribution in [1.82, 2.24) is 0 Å². The first-order valence-electron chi connectivity index (χ1n) is 10.6. The van der Waals surface area contributed by atoms with Crippen LogP contribution in [0.15, 0.2) is 57.7 Å². The molecule has 1 unspecified atom stereocenters. The second-order valence-electron chi connectivity index (χ2n) is 8.07. The Morgan fingerprint density at radius 3 is 2.82 bits per heavy atom. The number of carboxylic acid groups (broad SMARTS) is 1. The van der Waals surface area contributed by atoms with E-state index in [0.29, 0.717) is 22.5 Å². The van der Waals surface area contributed by atoms with Crippen LogP contribution in [0.25, 0.3) is 5.57 Å². The number of carbonyl (C=O) groups excluding carboxylic acids is 1. The number of aliphatic carboxylic acids is 1. The summed E-state index contributed by atoms with van der Waals surface area (Å²) in [4.78, 5) is 28.0. The number of phenols is 1. The molecule has 1 amide bonds. The average Bonchev–Trinajstić information content (AvgIpc) is 3.52. The molecule has 9 heteroatoms. The molecule has 0 fully saturated rings. The summed E-state index contributed by atoms with van der Waals surface area (Å²) in [7, 11) is 0. The van der Waals surface area contributed by atoms with E-state index in [9.17, 15) is 14.7 Å². The number of fused-ring (bicyclic) bond motifs is 1. The molecule has 166 valence electrons. The number of hydrogen-bond acceptors (Lipinski definition) is 7. The predicted molar refractivity (Wildman–Crippen MR) is 126 cm³/mol. The molecule has 2 aromatic rings. The summed E-state index contributed by atoms with van der Waals surface area (Å²) in [5.41, 5.74) is 7.79. The molecule has 2 heterocycles. The maximum absolute atomic E-state index is 13.0. The van der Waals surface area contributed by atoms with Crippen LogP contribution in [-0.2, 0) is 22.4 Å². The SMILES string of the molecule is CC1=NN(c2ccc3c(c2)CCC3)C(=O)/C1=N\Nc1cccc(C2=CC(C(=O)O)N=C2)c1O.